The van der Waals surface area contributed by atoms with E-state index in [2.05, 4.69) is 4.72 Å². The number of nitrogens with one attached hydrogen (secondary N) is 1. The molecule has 24 heavy (non-hydrogen) atoms. The molecule has 4 aliphatic carbocycles. The lowest BCUT2D eigenvalue weighted by Crippen LogP contribution is -2.52. The first-order valence-electron chi connectivity index (χ1n) is 8.81. The fourth-order valence-electron chi connectivity index (χ4n) is 5.85. The molecule has 4 saturated carbocycles. The quantitative estimate of drug-likeness (QED) is 0.810. The molecule has 5 rings (SSSR count). The van der Waals surface area contributed by atoms with Crippen LogP contribution >= 0.6 is 23.2 Å². The molecule has 0 aliphatic heterocycles. The van der Waals surface area contributed by atoms with E-state index in [1.54, 1.807) is 6.07 Å². The molecule has 132 valence electrons. The van der Waals surface area contributed by atoms with Crippen LogP contribution in [-0.4, -0.2) is 14.5 Å². The summed E-state index contributed by atoms with van der Waals surface area (Å²) in [5.41, 5.74) is 0. The molecule has 1 aromatic carbocycles. The Bertz CT molecular complexity index is 721. The van der Waals surface area contributed by atoms with Crippen LogP contribution in [0, 0.1) is 29.6 Å². The molecule has 4 bridgehead atoms. The standard InChI is InChI=1S/C18H23Cl2NO2S/c1-10(18-13-5-11-4-12(7-13)8-14(18)6-11)21-24(22,23)17-9-15(19)2-3-16(17)20/h2-3,9-14,18,21H,4-8H2,1H3. The minimum absolute atomic E-state index is 0.0694. The van der Waals surface area contributed by atoms with Crippen molar-refractivity contribution in [1.82, 2.24) is 4.72 Å². The Kier molecular flexibility index (Phi) is 4.39. The second-order valence-corrected chi connectivity index (χ2v) is 10.5. The van der Waals surface area contributed by atoms with Crippen molar-refractivity contribution >= 4 is 33.2 Å². The van der Waals surface area contributed by atoms with Gasteiger partial charge in [-0.25, -0.2) is 13.1 Å². The highest BCUT2D eigenvalue weighted by Crippen LogP contribution is 2.57. The molecule has 0 aromatic heterocycles. The number of halogens is 2. The average molecular weight is 388 g/mol. The Morgan fingerprint density at radius 2 is 1.62 bits per heavy atom. The van der Waals surface area contributed by atoms with Gasteiger partial charge in [0.25, 0.3) is 0 Å². The molecule has 3 nitrogen and oxygen atoms in total. The largest absolute Gasteiger partial charge is 0.242 e. The van der Waals surface area contributed by atoms with E-state index in [9.17, 15) is 8.42 Å². The van der Waals surface area contributed by atoms with Gasteiger partial charge in [-0.1, -0.05) is 23.2 Å². The molecular weight excluding hydrogens is 365 g/mol. The summed E-state index contributed by atoms with van der Waals surface area (Å²) in [6.07, 6.45) is 6.52. The highest BCUT2D eigenvalue weighted by molar-refractivity contribution is 7.89. The number of hydrogen-bond donors (Lipinski definition) is 1. The number of rotatable bonds is 4. The van der Waals surface area contributed by atoms with Crippen LogP contribution in [-0.2, 0) is 10.0 Å². The van der Waals surface area contributed by atoms with E-state index in [4.69, 9.17) is 23.2 Å². The van der Waals surface area contributed by atoms with E-state index in [1.807, 2.05) is 6.92 Å². The Morgan fingerprint density at radius 1 is 1.04 bits per heavy atom. The number of hydrogen-bond acceptors (Lipinski definition) is 2. The predicted molar refractivity (Wildman–Crippen MR) is 96.8 cm³/mol. The predicted octanol–water partition coefficient (Wildman–Crippen LogP) is 4.73. The smallest absolute Gasteiger partial charge is 0.208 e. The summed E-state index contributed by atoms with van der Waals surface area (Å²) >= 11 is 12.0. The molecule has 0 spiro atoms. The van der Waals surface area contributed by atoms with E-state index in [-0.39, 0.29) is 16.0 Å². The third-order valence-corrected chi connectivity index (χ3v) is 8.68. The van der Waals surface area contributed by atoms with Gasteiger partial charge in [-0.15, -0.1) is 0 Å². The van der Waals surface area contributed by atoms with Gasteiger partial charge in [0.15, 0.2) is 0 Å². The SMILES string of the molecule is CC(NS(=O)(=O)c1cc(Cl)ccc1Cl)C1C2CC3CC(C2)CC1C3. The lowest BCUT2D eigenvalue weighted by atomic mass is 9.51. The van der Waals surface area contributed by atoms with Gasteiger partial charge in [-0.3, -0.25) is 0 Å². The molecule has 4 fully saturated rings. The maximum absolute atomic E-state index is 12.8. The zero-order chi connectivity index (χ0) is 17.1. The van der Waals surface area contributed by atoms with Crippen molar-refractivity contribution in [3.8, 4) is 0 Å². The highest BCUT2D eigenvalue weighted by atomic mass is 35.5. The van der Waals surface area contributed by atoms with E-state index in [1.165, 1.54) is 44.2 Å². The molecule has 0 amide bonds. The average Bonchev–Trinajstić information content (AvgIpc) is 2.48. The zero-order valence-electron chi connectivity index (χ0n) is 13.7. The van der Waals surface area contributed by atoms with Crippen LogP contribution in [0.1, 0.15) is 39.0 Å². The fraction of sp³-hybridized carbons (Fsp3) is 0.667. The van der Waals surface area contributed by atoms with Crippen molar-refractivity contribution in [3.05, 3.63) is 28.2 Å². The van der Waals surface area contributed by atoms with E-state index in [0.717, 1.165) is 11.8 Å². The molecule has 1 atom stereocenters. The summed E-state index contributed by atoms with van der Waals surface area (Å²) in [4.78, 5) is 0.0762. The maximum Gasteiger partial charge on any atom is 0.242 e. The zero-order valence-corrected chi connectivity index (χ0v) is 16.0. The van der Waals surface area contributed by atoms with Crippen molar-refractivity contribution < 1.29 is 8.42 Å². The third kappa shape index (κ3) is 3.00. The van der Waals surface area contributed by atoms with Gasteiger partial charge < -0.3 is 0 Å². The molecule has 0 saturated heterocycles. The summed E-state index contributed by atoms with van der Waals surface area (Å²) in [7, 11) is -3.66. The summed E-state index contributed by atoms with van der Waals surface area (Å²) in [5, 5.41) is 0.589. The molecule has 6 heteroatoms. The molecular formula is C18H23Cl2NO2S. The first-order chi connectivity index (χ1) is 11.3. The fourth-order valence-corrected chi connectivity index (χ4v) is 7.89. The van der Waals surface area contributed by atoms with Crippen LogP contribution < -0.4 is 4.72 Å². The van der Waals surface area contributed by atoms with Crippen LogP contribution in [0.2, 0.25) is 10.0 Å². The van der Waals surface area contributed by atoms with Crippen molar-refractivity contribution in [3.63, 3.8) is 0 Å². The second-order valence-electron chi connectivity index (χ2n) is 7.99. The number of sulfonamides is 1. The summed E-state index contributed by atoms with van der Waals surface area (Å²) in [6.45, 7) is 2.02. The summed E-state index contributed by atoms with van der Waals surface area (Å²) in [5.74, 6) is 3.57. The van der Waals surface area contributed by atoms with Gasteiger partial charge in [0, 0.05) is 11.1 Å². The molecule has 1 N–H and O–H groups in total. The normalized spacial score (nSPS) is 36.0. The summed E-state index contributed by atoms with van der Waals surface area (Å²) in [6, 6.07) is 4.49. The van der Waals surface area contributed by atoms with Crippen molar-refractivity contribution in [2.24, 2.45) is 29.6 Å². The van der Waals surface area contributed by atoms with Crippen molar-refractivity contribution in [1.29, 1.82) is 0 Å². The minimum Gasteiger partial charge on any atom is -0.208 e. The Labute approximate surface area is 154 Å². The molecule has 1 unspecified atom stereocenters. The topological polar surface area (TPSA) is 46.2 Å². The van der Waals surface area contributed by atoms with Crippen LogP contribution in [0.3, 0.4) is 0 Å². The minimum atomic E-state index is -3.66. The van der Waals surface area contributed by atoms with E-state index >= 15 is 0 Å². The van der Waals surface area contributed by atoms with Gasteiger partial charge in [0.2, 0.25) is 10.0 Å². The number of benzene rings is 1. The van der Waals surface area contributed by atoms with Crippen molar-refractivity contribution in [2.75, 3.05) is 0 Å². The van der Waals surface area contributed by atoms with Gasteiger partial charge in [-0.2, -0.15) is 0 Å². The van der Waals surface area contributed by atoms with Gasteiger partial charge in [0.05, 0.1) is 5.02 Å². The molecule has 0 radical (unpaired) electrons. The maximum atomic E-state index is 12.8. The lowest BCUT2D eigenvalue weighted by Gasteiger charge is -2.56. The van der Waals surface area contributed by atoms with Gasteiger partial charge in [-0.05, 0) is 86.8 Å². The first kappa shape index (κ1) is 17.1. The van der Waals surface area contributed by atoms with E-state index in [0.29, 0.717) is 22.8 Å². The second kappa shape index (κ2) is 6.15. The van der Waals surface area contributed by atoms with Crippen molar-refractivity contribution in [2.45, 2.75) is 50.0 Å². The molecule has 1 aromatic rings. The van der Waals surface area contributed by atoms with Crippen LogP contribution in [0.25, 0.3) is 0 Å². The Balaban J connectivity index is 1.55. The first-order valence-corrected chi connectivity index (χ1v) is 11.0. The van der Waals surface area contributed by atoms with Crippen LogP contribution in [0.4, 0.5) is 0 Å². The monoisotopic (exact) mass is 387 g/mol. The summed E-state index contributed by atoms with van der Waals surface area (Å²) < 4.78 is 28.5. The van der Waals surface area contributed by atoms with Crippen LogP contribution in [0.15, 0.2) is 23.1 Å². The lowest BCUT2D eigenvalue weighted by molar-refractivity contribution is -0.0463. The van der Waals surface area contributed by atoms with Gasteiger partial charge in [0.1, 0.15) is 4.90 Å². The third-order valence-electron chi connectivity index (χ3n) is 6.40. The molecule has 4 aliphatic rings. The van der Waals surface area contributed by atoms with Crippen LogP contribution in [0.5, 0.6) is 0 Å². The Morgan fingerprint density at radius 3 is 2.21 bits per heavy atom. The van der Waals surface area contributed by atoms with E-state index < -0.39 is 10.0 Å². The van der Waals surface area contributed by atoms with Gasteiger partial charge >= 0.3 is 0 Å². The molecule has 0 heterocycles. The highest BCUT2D eigenvalue weighted by Gasteiger charge is 2.50. The Hall–Kier alpha value is -0.290.